The highest BCUT2D eigenvalue weighted by molar-refractivity contribution is 9.11. The Morgan fingerprint density at radius 1 is 1.19 bits per heavy atom. The Morgan fingerprint density at radius 3 is 2.62 bits per heavy atom. The van der Waals surface area contributed by atoms with E-state index >= 15 is 0 Å². The first kappa shape index (κ1) is 17.5. The molecular weight excluding hydrogens is 390 g/mol. The molecule has 0 radical (unpaired) electrons. The number of benzene rings is 1. The van der Waals surface area contributed by atoms with E-state index in [9.17, 15) is 0 Å². The fraction of sp³-hybridized carbons (Fsp3) is 0.667. The fourth-order valence-electron chi connectivity index (χ4n) is 3.73. The lowest BCUT2D eigenvalue weighted by atomic mass is 9.72. The number of hydrogen-bond donors (Lipinski definition) is 1. The molecule has 0 spiro atoms. The summed E-state index contributed by atoms with van der Waals surface area (Å²) in [6, 6.07) is 7.12. The van der Waals surface area contributed by atoms with E-state index in [1.54, 1.807) is 0 Å². The second-order valence-electron chi connectivity index (χ2n) is 6.21. The zero-order chi connectivity index (χ0) is 15.2. The predicted octanol–water partition coefficient (Wildman–Crippen LogP) is 6.47. The zero-order valence-electron chi connectivity index (χ0n) is 13.2. The number of halogens is 2. The summed E-state index contributed by atoms with van der Waals surface area (Å²) in [6.45, 7) is 5.70. The van der Waals surface area contributed by atoms with E-state index in [-0.39, 0.29) is 0 Å². The van der Waals surface area contributed by atoms with Crippen molar-refractivity contribution >= 4 is 31.9 Å². The van der Waals surface area contributed by atoms with Crippen LogP contribution in [0.3, 0.4) is 0 Å². The topological polar surface area (TPSA) is 12.0 Å². The SMILES string of the molecule is CCCNC(c1ccc(Br)cc1Br)C1CCCCC1CC. The van der Waals surface area contributed by atoms with Crippen molar-refractivity contribution in [2.75, 3.05) is 6.54 Å². The van der Waals surface area contributed by atoms with Crippen molar-refractivity contribution in [1.82, 2.24) is 5.32 Å². The van der Waals surface area contributed by atoms with Gasteiger partial charge in [0.2, 0.25) is 0 Å². The molecule has 1 N–H and O–H groups in total. The Hall–Kier alpha value is 0.140. The molecule has 1 fully saturated rings. The quantitative estimate of drug-likeness (QED) is 0.560. The van der Waals surface area contributed by atoms with Gasteiger partial charge in [0.1, 0.15) is 0 Å². The van der Waals surface area contributed by atoms with Crippen LogP contribution in [0, 0.1) is 11.8 Å². The molecule has 21 heavy (non-hydrogen) atoms. The normalized spacial score (nSPS) is 24.0. The van der Waals surface area contributed by atoms with E-state index in [1.807, 2.05) is 0 Å². The van der Waals surface area contributed by atoms with Gasteiger partial charge in [-0.2, -0.15) is 0 Å². The summed E-state index contributed by atoms with van der Waals surface area (Å²) in [5.74, 6) is 1.64. The Balaban J connectivity index is 2.27. The van der Waals surface area contributed by atoms with Crippen LogP contribution in [0.2, 0.25) is 0 Å². The van der Waals surface area contributed by atoms with Crippen LogP contribution in [0.4, 0.5) is 0 Å². The number of nitrogens with one attached hydrogen (secondary N) is 1. The second kappa shape index (κ2) is 8.69. The molecule has 0 saturated heterocycles. The Labute approximate surface area is 146 Å². The van der Waals surface area contributed by atoms with Crippen LogP contribution in [0.5, 0.6) is 0 Å². The summed E-state index contributed by atoms with van der Waals surface area (Å²) in [6.07, 6.45) is 8.07. The Bertz CT molecular complexity index is 447. The molecule has 3 heteroatoms. The maximum atomic E-state index is 3.83. The van der Waals surface area contributed by atoms with Gasteiger partial charge in [-0.1, -0.05) is 77.5 Å². The first-order valence-electron chi connectivity index (χ1n) is 8.35. The predicted molar refractivity (Wildman–Crippen MR) is 98.6 cm³/mol. The molecule has 0 amide bonds. The number of rotatable bonds is 6. The van der Waals surface area contributed by atoms with Crippen molar-refractivity contribution in [3.63, 3.8) is 0 Å². The van der Waals surface area contributed by atoms with Gasteiger partial charge in [0.25, 0.3) is 0 Å². The highest BCUT2D eigenvalue weighted by Gasteiger charge is 2.32. The van der Waals surface area contributed by atoms with E-state index in [4.69, 9.17) is 0 Å². The monoisotopic (exact) mass is 415 g/mol. The third-order valence-electron chi connectivity index (χ3n) is 4.83. The number of hydrogen-bond acceptors (Lipinski definition) is 1. The van der Waals surface area contributed by atoms with Gasteiger partial charge in [-0.25, -0.2) is 0 Å². The van der Waals surface area contributed by atoms with E-state index in [0.29, 0.717) is 6.04 Å². The zero-order valence-corrected chi connectivity index (χ0v) is 16.3. The highest BCUT2D eigenvalue weighted by atomic mass is 79.9. The third-order valence-corrected chi connectivity index (χ3v) is 6.01. The van der Waals surface area contributed by atoms with Gasteiger partial charge < -0.3 is 5.32 Å². The lowest BCUT2D eigenvalue weighted by molar-refractivity contribution is 0.175. The molecule has 1 aromatic carbocycles. The van der Waals surface area contributed by atoms with Gasteiger partial charge in [-0.05, 0) is 48.9 Å². The molecule has 1 aromatic rings. The molecule has 118 valence electrons. The summed E-state index contributed by atoms with van der Waals surface area (Å²) in [7, 11) is 0. The summed E-state index contributed by atoms with van der Waals surface area (Å²) in [4.78, 5) is 0. The fourth-order valence-corrected chi connectivity index (χ4v) is 5.02. The van der Waals surface area contributed by atoms with Crippen molar-refractivity contribution in [3.05, 3.63) is 32.7 Å². The maximum absolute atomic E-state index is 3.83. The smallest absolute Gasteiger partial charge is 0.0362 e. The first-order valence-corrected chi connectivity index (χ1v) is 9.94. The van der Waals surface area contributed by atoms with Crippen LogP contribution in [-0.2, 0) is 0 Å². The molecule has 0 aliphatic heterocycles. The van der Waals surface area contributed by atoms with E-state index in [1.165, 1.54) is 48.6 Å². The maximum Gasteiger partial charge on any atom is 0.0362 e. The van der Waals surface area contributed by atoms with Crippen LogP contribution >= 0.6 is 31.9 Å². The van der Waals surface area contributed by atoms with Gasteiger partial charge in [-0.15, -0.1) is 0 Å². The molecule has 2 rings (SSSR count). The molecule has 0 bridgehead atoms. The van der Waals surface area contributed by atoms with E-state index in [0.717, 1.165) is 22.9 Å². The van der Waals surface area contributed by atoms with Crippen LogP contribution in [-0.4, -0.2) is 6.54 Å². The van der Waals surface area contributed by atoms with E-state index < -0.39 is 0 Å². The van der Waals surface area contributed by atoms with Crippen LogP contribution in [0.25, 0.3) is 0 Å². The largest absolute Gasteiger partial charge is 0.310 e. The lowest BCUT2D eigenvalue weighted by Gasteiger charge is -2.38. The van der Waals surface area contributed by atoms with Crippen LogP contribution in [0.1, 0.15) is 64.0 Å². The van der Waals surface area contributed by atoms with Gasteiger partial charge >= 0.3 is 0 Å². The Kier molecular flexibility index (Phi) is 7.24. The Morgan fingerprint density at radius 2 is 1.95 bits per heavy atom. The van der Waals surface area contributed by atoms with Gasteiger partial charge in [0.05, 0.1) is 0 Å². The summed E-state index contributed by atoms with van der Waals surface area (Å²) in [5, 5.41) is 3.83. The molecular formula is C18H27Br2N. The molecule has 3 unspecified atom stereocenters. The molecule has 0 heterocycles. The van der Waals surface area contributed by atoms with Crippen molar-refractivity contribution in [1.29, 1.82) is 0 Å². The minimum absolute atomic E-state index is 0.484. The minimum Gasteiger partial charge on any atom is -0.310 e. The standard InChI is InChI=1S/C18H27Br2N/c1-3-11-21-18(15-8-6-5-7-13(15)4-2)16-10-9-14(19)12-17(16)20/h9-10,12-13,15,18,21H,3-8,11H2,1-2H3. The van der Waals surface area contributed by atoms with Crippen molar-refractivity contribution in [2.24, 2.45) is 11.8 Å². The molecule has 3 atom stereocenters. The van der Waals surface area contributed by atoms with Crippen LogP contribution in [0.15, 0.2) is 27.1 Å². The summed E-state index contributed by atoms with van der Waals surface area (Å²) in [5.41, 5.74) is 1.43. The molecule has 0 aromatic heterocycles. The second-order valence-corrected chi connectivity index (χ2v) is 7.98. The van der Waals surface area contributed by atoms with Crippen molar-refractivity contribution in [2.45, 2.75) is 58.4 Å². The van der Waals surface area contributed by atoms with Gasteiger partial charge in [-0.3, -0.25) is 0 Å². The molecule has 1 saturated carbocycles. The van der Waals surface area contributed by atoms with Gasteiger partial charge in [0, 0.05) is 15.0 Å². The van der Waals surface area contributed by atoms with Crippen molar-refractivity contribution < 1.29 is 0 Å². The van der Waals surface area contributed by atoms with Gasteiger partial charge in [0.15, 0.2) is 0 Å². The lowest BCUT2D eigenvalue weighted by Crippen LogP contribution is -2.35. The van der Waals surface area contributed by atoms with Crippen LogP contribution < -0.4 is 5.32 Å². The average Bonchev–Trinajstić information content (AvgIpc) is 2.49. The first-order chi connectivity index (χ1) is 10.2. The molecule has 1 aliphatic carbocycles. The van der Waals surface area contributed by atoms with Crippen molar-refractivity contribution in [3.8, 4) is 0 Å². The summed E-state index contributed by atoms with van der Waals surface area (Å²) >= 11 is 7.35. The highest BCUT2D eigenvalue weighted by Crippen LogP contribution is 2.42. The van der Waals surface area contributed by atoms with E-state index in [2.05, 4.69) is 69.2 Å². The molecule has 1 nitrogen and oxygen atoms in total. The minimum atomic E-state index is 0.484. The molecule has 1 aliphatic rings. The third kappa shape index (κ3) is 4.56. The summed E-state index contributed by atoms with van der Waals surface area (Å²) < 4.78 is 2.37. The average molecular weight is 417 g/mol.